The summed E-state index contributed by atoms with van der Waals surface area (Å²) >= 11 is 0. The van der Waals surface area contributed by atoms with E-state index in [2.05, 4.69) is 16.0 Å². The average molecular weight is 512 g/mol. The first-order chi connectivity index (χ1) is 17.1. The van der Waals surface area contributed by atoms with E-state index in [1.165, 1.54) is 18.2 Å². The van der Waals surface area contributed by atoms with Crippen molar-refractivity contribution in [2.45, 2.75) is 45.3 Å². The van der Waals surface area contributed by atoms with Crippen LogP contribution in [-0.4, -0.2) is 44.5 Å². The van der Waals surface area contributed by atoms with Crippen LogP contribution in [0, 0.1) is 12.7 Å². The van der Waals surface area contributed by atoms with E-state index in [0.29, 0.717) is 56.8 Å². The summed E-state index contributed by atoms with van der Waals surface area (Å²) in [4.78, 5) is 23.8. The molecule has 0 spiro atoms. The first-order valence-electron chi connectivity index (χ1n) is 11.9. The minimum absolute atomic E-state index is 0.0568. The first kappa shape index (κ1) is 29.3. The lowest BCUT2D eigenvalue weighted by Crippen LogP contribution is -2.35. The lowest BCUT2D eigenvalue weighted by atomic mass is 10.1. The first-order valence-corrected chi connectivity index (χ1v) is 11.9. The van der Waals surface area contributed by atoms with Crippen LogP contribution < -0.4 is 20.7 Å². The van der Waals surface area contributed by atoms with Crippen LogP contribution in [0.2, 0.25) is 0 Å². The molecule has 0 fully saturated rings. The molecule has 0 aliphatic rings. The Labute approximate surface area is 208 Å². The zero-order valence-electron chi connectivity index (χ0n) is 20.3. The van der Waals surface area contributed by atoms with Gasteiger partial charge in [-0.15, -0.1) is 0 Å². The van der Waals surface area contributed by atoms with E-state index in [4.69, 9.17) is 4.74 Å². The number of aryl methyl sites for hydroxylation is 1. The van der Waals surface area contributed by atoms with E-state index >= 15 is 0 Å². The number of halogens is 4. The Morgan fingerprint density at radius 2 is 1.72 bits per heavy atom. The van der Waals surface area contributed by atoms with E-state index in [9.17, 15) is 27.2 Å². The Morgan fingerprint density at radius 3 is 2.47 bits per heavy atom. The molecule has 0 aliphatic heterocycles. The van der Waals surface area contributed by atoms with Gasteiger partial charge in [0.05, 0.1) is 25.3 Å². The van der Waals surface area contributed by atoms with Gasteiger partial charge >= 0.3 is 6.18 Å². The third kappa shape index (κ3) is 12.1. The van der Waals surface area contributed by atoms with Gasteiger partial charge in [-0.1, -0.05) is 18.2 Å². The highest BCUT2D eigenvalue weighted by atomic mass is 19.4. The monoisotopic (exact) mass is 511 g/mol. The molecular formula is C26H33F4N3O3. The standard InChI is InChI=1S/C26H33F4N3O3/c1-19-12-22(27)15-24(13-19)36-11-3-2-8-25(35)33-18-23(34)17-32-10-5-9-31-16-20-6-4-7-21(14-20)26(28,29)30/h4,6-7,12-15,31-32H,2-3,5,8-11,16-18H2,1H3,(H,33,35). The molecule has 0 radical (unpaired) electrons. The van der Waals surface area contributed by atoms with Crippen LogP contribution in [0.5, 0.6) is 5.75 Å². The molecule has 3 N–H and O–H groups in total. The van der Waals surface area contributed by atoms with Crippen molar-refractivity contribution in [2.75, 3.05) is 32.8 Å². The van der Waals surface area contributed by atoms with Gasteiger partial charge in [0, 0.05) is 19.0 Å². The van der Waals surface area contributed by atoms with Crippen molar-refractivity contribution in [1.29, 1.82) is 0 Å². The third-order valence-corrected chi connectivity index (χ3v) is 5.18. The van der Waals surface area contributed by atoms with Crippen LogP contribution in [-0.2, 0) is 22.3 Å². The largest absolute Gasteiger partial charge is 0.493 e. The van der Waals surface area contributed by atoms with Gasteiger partial charge < -0.3 is 20.7 Å². The van der Waals surface area contributed by atoms with Crippen molar-refractivity contribution in [2.24, 2.45) is 0 Å². The van der Waals surface area contributed by atoms with Crippen LogP contribution in [0.1, 0.15) is 42.4 Å². The summed E-state index contributed by atoms with van der Waals surface area (Å²) in [5, 5.41) is 8.65. The molecule has 2 aromatic carbocycles. The van der Waals surface area contributed by atoms with Crippen LogP contribution >= 0.6 is 0 Å². The summed E-state index contributed by atoms with van der Waals surface area (Å²) in [6, 6.07) is 9.66. The number of ketones is 1. The maximum Gasteiger partial charge on any atom is 0.416 e. The Morgan fingerprint density at radius 1 is 0.944 bits per heavy atom. The molecular weight excluding hydrogens is 478 g/mol. The number of Topliss-reactive ketones (excluding diaryl/α,β-unsaturated/α-hetero) is 1. The van der Waals surface area contributed by atoms with Gasteiger partial charge in [0.15, 0.2) is 5.78 Å². The molecule has 0 saturated heterocycles. The van der Waals surface area contributed by atoms with Crippen LogP contribution in [0.15, 0.2) is 42.5 Å². The Balaban J connectivity index is 1.45. The molecule has 0 heterocycles. The van der Waals surface area contributed by atoms with E-state index in [0.717, 1.165) is 17.7 Å². The second-order valence-corrected chi connectivity index (χ2v) is 8.49. The molecule has 198 valence electrons. The second-order valence-electron chi connectivity index (χ2n) is 8.49. The zero-order valence-corrected chi connectivity index (χ0v) is 20.3. The lowest BCUT2D eigenvalue weighted by Gasteiger charge is -2.10. The molecule has 2 rings (SSSR count). The van der Waals surface area contributed by atoms with Gasteiger partial charge in [-0.05, 0) is 68.6 Å². The molecule has 1 amide bonds. The van der Waals surface area contributed by atoms with Crippen molar-refractivity contribution < 1.29 is 31.9 Å². The number of hydrogen-bond donors (Lipinski definition) is 3. The highest BCUT2D eigenvalue weighted by molar-refractivity contribution is 5.87. The maximum atomic E-state index is 13.3. The number of carbonyl (C=O) groups is 2. The average Bonchev–Trinajstić information content (AvgIpc) is 2.81. The van der Waals surface area contributed by atoms with Gasteiger partial charge in [0.1, 0.15) is 11.6 Å². The predicted molar refractivity (Wildman–Crippen MR) is 129 cm³/mol. The molecule has 2 aromatic rings. The summed E-state index contributed by atoms with van der Waals surface area (Å²) in [6.07, 6.45) is -2.19. The number of rotatable bonds is 16. The summed E-state index contributed by atoms with van der Waals surface area (Å²) in [6.45, 7) is 3.67. The van der Waals surface area contributed by atoms with Crippen molar-refractivity contribution in [3.63, 3.8) is 0 Å². The van der Waals surface area contributed by atoms with E-state index in [1.807, 2.05) is 0 Å². The number of hydrogen-bond acceptors (Lipinski definition) is 5. The van der Waals surface area contributed by atoms with Crippen molar-refractivity contribution in [3.05, 3.63) is 65.0 Å². The summed E-state index contributed by atoms with van der Waals surface area (Å²) < 4.78 is 57.0. The molecule has 6 nitrogen and oxygen atoms in total. The summed E-state index contributed by atoms with van der Waals surface area (Å²) in [7, 11) is 0. The molecule has 0 saturated carbocycles. The van der Waals surface area contributed by atoms with E-state index < -0.39 is 11.7 Å². The van der Waals surface area contributed by atoms with E-state index in [-0.39, 0.29) is 37.0 Å². The zero-order chi connectivity index (χ0) is 26.4. The highest BCUT2D eigenvalue weighted by Gasteiger charge is 2.30. The minimum Gasteiger partial charge on any atom is -0.493 e. The number of benzene rings is 2. The second kappa shape index (κ2) is 15.2. The molecule has 0 unspecified atom stereocenters. The smallest absolute Gasteiger partial charge is 0.416 e. The number of alkyl halides is 3. The van der Waals surface area contributed by atoms with Gasteiger partial charge in [-0.3, -0.25) is 9.59 Å². The summed E-state index contributed by atoms with van der Waals surface area (Å²) in [5.41, 5.74) is 0.658. The normalized spacial score (nSPS) is 11.4. The van der Waals surface area contributed by atoms with Crippen LogP contribution in [0.3, 0.4) is 0 Å². The fourth-order valence-electron chi connectivity index (χ4n) is 3.37. The van der Waals surface area contributed by atoms with Gasteiger partial charge in [-0.2, -0.15) is 13.2 Å². The third-order valence-electron chi connectivity index (χ3n) is 5.18. The quantitative estimate of drug-likeness (QED) is 0.233. The predicted octanol–water partition coefficient (Wildman–Crippen LogP) is 4.16. The molecule has 0 aliphatic carbocycles. The minimum atomic E-state index is -4.36. The van der Waals surface area contributed by atoms with Crippen LogP contribution in [0.25, 0.3) is 0 Å². The number of amides is 1. The fraction of sp³-hybridized carbons (Fsp3) is 0.462. The lowest BCUT2D eigenvalue weighted by molar-refractivity contribution is -0.137. The number of unbranched alkanes of at least 4 members (excludes halogenated alkanes) is 1. The number of carbonyl (C=O) groups excluding carboxylic acids is 2. The van der Waals surface area contributed by atoms with Gasteiger partial charge in [-0.25, -0.2) is 4.39 Å². The Bertz CT molecular complexity index is 963. The molecule has 0 atom stereocenters. The highest BCUT2D eigenvalue weighted by Crippen LogP contribution is 2.29. The van der Waals surface area contributed by atoms with Crippen molar-refractivity contribution in [3.8, 4) is 5.75 Å². The SMILES string of the molecule is Cc1cc(F)cc(OCCCCC(=O)NCC(=O)CNCCCNCc2cccc(C(F)(F)F)c2)c1. The Hall–Kier alpha value is -2.98. The van der Waals surface area contributed by atoms with Crippen molar-refractivity contribution >= 4 is 11.7 Å². The molecule has 0 bridgehead atoms. The topological polar surface area (TPSA) is 79.5 Å². The summed E-state index contributed by atoms with van der Waals surface area (Å²) in [5.74, 6) is -0.260. The number of nitrogens with one attached hydrogen (secondary N) is 3. The van der Waals surface area contributed by atoms with Gasteiger partial charge in [0.2, 0.25) is 5.91 Å². The molecule has 0 aromatic heterocycles. The van der Waals surface area contributed by atoms with E-state index in [1.54, 1.807) is 19.1 Å². The maximum absolute atomic E-state index is 13.3. The van der Waals surface area contributed by atoms with Gasteiger partial charge in [0.25, 0.3) is 0 Å². The van der Waals surface area contributed by atoms with Crippen molar-refractivity contribution in [1.82, 2.24) is 16.0 Å². The fourth-order valence-corrected chi connectivity index (χ4v) is 3.37. The van der Waals surface area contributed by atoms with Crippen LogP contribution in [0.4, 0.5) is 17.6 Å². The number of ether oxygens (including phenoxy) is 1. The molecule has 36 heavy (non-hydrogen) atoms. The Kier molecular flexibility index (Phi) is 12.4. The molecule has 10 heteroatoms.